The highest BCUT2D eigenvalue weighted by molar-refractivity contribution is 5.81. The second-order valence-corrected chi connectivity index (χ2v) is 5.29. The van der Waals surface area contributed by atoms with Gasteiger partial charge in [0, 0.05) is 13.1 Å². The van der Waals surface area contributed by atoms with Gasteiger partial charge in [0.2, 0.25) is 5.91 Å². The van der Waals surface area contributed by atoms with Crippen LogP contribution in [-0.2, 0) is 11.3 Å². The normalized spacial score (nSPS) is 17.0. The number of benzene rings is 1. The second-order valence-electron chi connectivity index (χ2n) is 5.29. The van der Waals surface area contributed by atoms with Gasteiger partial charge in [-0.1, -0.05) is 36.8 Å². The summed E-state index contributed by atoms with van der Waals surface area (Å²) in [6, 6.07) is 9.71. The lowest BCUT2D eigenvalue weighted by Gasteiger charge is -2.33. The predicted molar refractivity (Wildman–Crippen MR) is 72.8 cm³/mol. The van der Waals surface area contributed by atoms with Crippen molar-refractivity contribution in [3.8, 4) is 0 Å². The van der Waals surface area contributed by atoms with Crippen molar-refractivity contribution < 1.29 is 4.79 Å². The summed E-state index contributed by atoms with van der Waals surface area (Å²) in [7, 11) is 0. The van der Waals surface area contributed by atoms with Gasteiger partial charge in [0.15, 0.2) is 0 Å². The number of nitrogens with two attached hydrogens (primary N) is 1. The quantitative estimate of drug-likeness (QED) is 0.865. The van der Waals surface area contributed by atoms with Crippen molar-refractivity contribution in [2.24, 2.45) is 11.7 Å². The van der Waals surface area contributed by atoms with Crippen LogP contribution in [0.3, 0.4) is 0 Å². The van der Waals surface area contributed by atoms with E-state index in [1.165, 1.54) is 24.8 Å². The van der Waals surface area contributed by atoms with E-state index in [0.717, 1.165) is 6.54 Å². The van der Waals surface area contributed by atoms with Crippen LogP contribution in [0.15, 0.2) is 30.3 Å². The fraction of sp³-hybridized carbons (Fsp3) is 0.533. The van der Waals surface area contributed by atoms with Crippen LogP contribution in [0.5, 0.6) is 0 Å². The average Bonchev–Trinajstić information content (AvgIpc) is 2.32. The highest BCUT2D eigenvalue weighted by Crippen LogP contribution is 2.27. The number of carbonyl (C=O) groups is 1. The molecule has 0 spiro atoms. The maximum Gasteiger partial charge on any atom is 0.239 e. The van der Waals surface area contributed by atoms with Crippen molar-refractivity contribution in [1.82, 2.24) is 4.90 Å². The van der Waals surface area contributed by atoms with E-state index in [4.69, 9.17) is 5.73 Å². The lowest BCUT2D eigenvalue weighted by molar-refractivity contribution is -0.133. The van der Waals surface area contributed by atoms with E-state index in [9.17, 15) is 4.79 Å². The Bertz CT molecular complexity index is 385. The highest BCUT2D eigenvalue weighted by Gasteiger charge is 2.25. The summed E-state index contributed by atoms with van der Waals surface area (Å²) in [4.78, 5) is 14.0. The first kappa shape index (κ1) is 13.1. The predicted octanol–water partition coefficient (Wildman–Crippen LogP) is 2.16. The second kappa shape index (κ2) is 6.01. The van der Waals surface area contributed by atoms with Gasteiger partial charge < -0.3 is 10.6 Å². The number of nitrogens with zero attached hydrogens (tertiary/aromatic N) is 1. The van der Waals surface area contributed by atoms with E-state index in [0.29, 0.717) is 12.5 Å². The van der Waals surface area contributed by atoms with Crippen LogP contribution in [0.4, 0.5) is 0 Å². The van der Waals surface area contributed by atoms with E-state index in [2.05, 4.69) is 12.1 Å². The SMILES string of the molecule is C[C@@H](N)C(=O)N(Cc1ccccc1)CC1CCC1. The standard InChI is InChI=1S/C15H22N2O/c1-12(16)15(18)17(11-14-8-5-9-14)10-13-6-3-2-4-7-13/h2-4,6-7,12,14H,5,8-11,16H2,1H3/t12-/m1/s1. The zero-order valence-electron chi connectivity index (χ0n) is 11.0. The average molecular weight is 246 g/mol. The van der Waals surface area contributed by atoms with Crippen molar-refractivity contribution in [2.45, 2.75) is 38.8 Å². The molecule has 1 aromatic carbocycles. The molecule has 0 unspecified atom stereocenters. The maximum absolute atomic E-state index is 12.1. The molecule has 3 heteroatoms. The Morgan fingerprint density at radius 1 is 1.39 bits per heavy atom. The summed E-state index contributed by atoms with van der Waals surface area (Å²) in [5.41, 5.74) is 6.91. The van der Waals surface area contributed by atoms with Gasteiger partial charge >= 0.3 is 0 Å². The molecule has 1 saturated carbocycles. The lowest BCUT2D eigenvalue weighted by atomic mass is 9.85. The van der Waals surface area contributed by atoms with E-state index in [1.807, 2.05) is 23.1 Å². The van der Waals surface area contributed by atoms with Crippen molar-refractivity contribution >= 4 is 5.91 Å². The summed E-state index contributed by atoms with van der Waals surface area (Å²) < 4.78 is 0. The molecule has 0 radical (unpaired) electrons. The van der Waals surface area contributed by atoms with E-state index < -0.39 is 6.04 Å². The molecule has 1 aromatic rings. The highest BCUT2D eigenvalue weighted by atomic mass is 16.2. The molecule has 18 heavy (non-hydrogen) atoms. The van der Waals surface area contributed by atoms with Crippen LogP contribution in [0, 0.1) is 5.92 Å². The number of hydrogen-bond acceptors (Lipinski definition) is 2. The van der Waals surface area contributed by atoms with Crippen molar-refractivity contribution in [3.63, 3.8) is 0 Å². The third-order valence-electron chi connectivity index (χ3n) is 3.62. The Labute approximate surface area is 109 Å². The molecule has 1 atom stereocenters. The summed E-state index contributed by atoms with van der Waals surface area (Å²) in [6.45, 7) is 3.30. The fourth-order valence-electron chi connectivity index (χ4n) is 2.31. The molecule has 1 amide bonds. The van der Waals surface area contributed by atoms with Crippen molar-refractivity contribution in [3.05, 3.63) is 35.9 Å². The van der Waals surface area contributed by atoms with Gasteiger partial charge in [-0.15, -0.1) is 0 Å². The molecule has 2 N–H and O–H groups in total. The van der Waals surface area contributed by atoms with Gasteiger partial charge in [0.05, 0.1) is 6.04 Å². The third kappa shape index (κ3) is 3.33. The molecule has 2 rings (SSSR count). The molecule has 0 saturated heterocycles. The van der Waals surface area contributed by atoms with Gasteiger partial charge in [-0.2, -0.15) is 0 Å². The first-order chi connectivity index (χ1) is 8.66. The monoisotopic (exact) mass is 246 g/mol. The van der Waals surface area contributed by atoms with E-state index in [1.54, 1.807) is 6.92 Å². The lowest BCUT2D eigenvalue weighted by Crippen LogP contribution is -2.44. The van der Waals surface area contributed by atoms with Gasteiger partial charge in [-0.25, -0.2) is 0 Å². The molecule has 0 heterocycles. The van der Waals surface area contributed by atoms with Gasteiger partial charge in [-0.3, -0.25) is 4.79 Å². The Hall–Kier alpha value is -1.35. The fourth-order valence-corrected chi connectivity index (χ4v) is 2.31. The van der Waals surface area contributed by atoms with Crippen LogP contribution in [0.2, 0.25) is 0 Å². The third-order valence-corrected chi connectivity index (χ3v) is 3.62. The van der Waals surface area contributed by atoms with Crippen LogP contribution >= 0.6 is 0 Å². The molecule has 0 bridgehead atoms. The topological polar surface area (TPSA) is 46.3 Å². The molecule has 98 valence electrons. The molecule has 1 aliphatic rings. The van der Waals surface area contributed by atoms with Gasteiger partial charge in [0.1, 0.15) is 0 Å². The van der Waals surface area contributed by atoms with Gasteiger partial charge in [0.25, 0.3) is 0 Å². The number of amides is 1. The smallest absolute Gasteiger partial charge is 0.239 e. The van der Waals surface area contributed by atoms with Crippen LogP contribution in [0.1, 0.15) is 31.7 Å². The van der Waals surface area contributed by atoms with E-state index >= 15 is 0 Å². The molecule has 1 fully saturated rings. The van der Waals surface area contributed by atoms with Crippen LogP contribution < -0.4 is 5.73 Å². The zero-order valence-corrected chi connectivity index (χ0v) is 11.0. The molecular formula is C15H22N2O. The van der Waals surface area contributed by atoms with Crippen molar-refractivity contribution in [2.75, 3.05) is 6.54 Å². The maximum atomic E-state index is 12.1. The Balaban J connectivity index is 2.01. The molecule has 1 aliphatic carbocycles. The Morgan fingerprint density at radius 2 is 2.06 bits per heavy atom. The minimum atomic E-state index is -0.409. The molecule has 0 aromatic heterocycles. The summed E-state index contributed by atoms with van der Waals surface area (Å²) in [5.74, 6) is 0.738. The Kier molecular flexibility index (Phi) is 4.37. The molecule has 0 aliphatic heterocycles. The molecular weight excluding hydrogens is 224 g/mol. The first-order valence-electron chi connectivity index (χ1n) is 6.75. The minimum absolute atomic E-state index is 0.0609. The first-order valence-corrected chi connectivity index (χ1v) is 6.75. The summed E-state index contributed by atoms with van der Waals surface area (Å²) in [6.07, 6.45) is 3.80. The number of hydrogen-bond donors (Lipinski definition) is 1. The van der Waals surface area contributed by atoms with Gasteiger partial charge in [-0.05, 0) is 31.2 Å². The van der Waals surface area contributed by atoms with Crippen molar-refractivity contribution in [1.29, 1.82) is 0 Å². The minimum Gasteiger partial charge on any atom is -0.337 e. The van der Waals surface area contributed by atoms with Crippen LogP contribution in [0.25, 0.3) is 0 Å². The summed E-state index contributed by atoms with van der Waals surface area (Å²) >= 11 is 0. The van der Waals surface area contributed by atoms with E-state index in [-0.39, 0.29) is 5.91 Å². The number of carbonyl (C=O) groups excluding carboxylic acids is 1. The number of rotatable bonds is 5. The summed E-state index contributed by atoms with van der Waals surface area (Å²) in [5, 5.41) is 0. The largest absolute Gasteiger partial charge is 0.337 e. The molecule has 3 nitrogen and oxygen atoms in total. The van der Waals surface area contributed by atoms with Crippen LogP contribution in [-0.4, -0.2) is 23.4 Å². The Morgan fingerprint density at radius 3 is 2.56 bits per heavy atom. The zero-order chi connectivity index (χ0) is 13.0.